The number of nitrogens with one attached hydrogen (secondary N) is 1. The van der Waals surface area contributed by atoms with E-state index >= 15 is 0 Å². The maximum atomic E-state index is 13.0. The van der Waals surface area contributed by atoms with E-state index in [9.17, 15) is 13.2 Å². The number of carbonyl (C=O) groups is 1. The van der Waals surface area contributed by atoms with Crippen LogP contribution in [0.5, 0.6) is 0 Å². The first kappa shape index (κ1) is 22.5. The molecular formula is C22H29N5O4S. The van der Waals surface area contributed by atoms with Crippen LogP contribution in [0.4, 0.5) is 16.3 Å². The number of morpholine rings is 1. The van der Waals surface area contributed by atoms with Gasteiger partial charge in [0.2, 0.25) is 10.0 Å². The standard InChI is InChI=1S/C22H29N5O4S/c1-17-3-5-20(18(2)15-17)32(29,30)27-9-7-26(8-10-27)22(28)24-19-4-6-21(23-16-19)25-11-13-31-14-12-25/h3-6,15-16H,7-14H2,1-2H3,(H,24,28). The van der Waals surface area contributed by atoms with Crippen molar-refractivity contribution in [3.05, 3.63) is 47.7 Å². The van der Waals surface area contributed by atoms with Gasteiger partial charge in [0, 0.05) is 39.3 Å². The second kappa shape index (κ2) is 9.43. The van der Waals surface area contributed by atoms with Crippen LogP contribution in [-0.4, -0.2) is 81.1 Å². The van der Waals surface area contributed by atoms with E-state index in [0.29, 0.717) is 36.9 Å². The van der Waals surface area contributed by atoms with Gasteiger partial charge < -0.3 is 19.9 Å². The number of aryl methyl sites for hydroxylation is 2. The van der Waals surface area contributed by atoms with E-state index in [4.69, 9.17) is 4.74 Å². The van der Waals surface area contributed by atoms with Crippen molar-refractivity contribution in [3.63, 3.8) is 0 Å². The molecule has 1 aromatic carbocycles. The summed E-state index contributed by atoms with van der Waals surface area (Å²) in [4.78, 5) is 21.2. The minimum atomic E-state index is -3.58. The second-order valence-corrected chi connectivity index (χ2v) is 10.0. The Hall–Kier alpha value is -2.69. The molecule has 0 aliphatic carbocycles. The van der Waals surface area contributed by atoms with Gasteiger partial charge in [-0.3, -0.25) is 0 Å². The van der Waals surface area contributed by atoms with E-state index in [1.807, 2.05) is 38.1 Å². The molecule has 1 N–H and O–H groups in total. The lowest BCUT2D eigenvalue weighted by molar-refractivity contribution is 0.122. The largest absolute Gasteiger partial charge is 0.378 e. The number of nitrogens with zero attached hydrogens (tertiary/aromatic N) is 4. The normalized spacial score (nSPS) is 17.9. The predicted molar refractivity (Wildman–Crippen MR) is 123 cm³/mol. The van der Waals surface area contributed by atoms with E-state index in [0.717, 1.165) is 30.0 Å². The van der Waals surface area contributed by atoms with E-state index in [2.05, 4.69) is 15.2 Å². The smallest absolute Gasteiger partial charge is 0.321 e. The number of hydrogen-bond donors (Lipinski definition) is 1. The van der Waals surface area contributed by atoms with Crippen molar-refractivity contribution < 1.29 is 17.9 Å². The monoisotopic (exact) mass is 459 g/mol. The molecule has 3 heterocycles. The molecule has 10 heteroatoms. The van der Waals surface area contributed by atoms with Crippen molar-refractivity contribution in [3.8, 4) is 0 Å². The quantitative estimate of drug-likeness (QED) is 0.752. The van der Waals surface area contributed by atoms with Gasteiger partial charge in [0.1, 0.15) is 5.82 Å². The lowest BCUT2D eigenvalue weighted by Crippen LogP contribution is -2.51. The van der Waals surface area contributed by atoms with Crippen LogP contribution in [0.25, 0.3) is 0 Å². The Bertz CT molecular complexity index is 1060. The van der Waals surface area contributed by atoms with Gasteiger partial charge in [0.05, 0.1) is 30.0 Å². The molecule has 2 fully saturated rings. The highest BCUT2D eigenvalue weighted by Gasteiger charge is 2.31. The number of sulfonamides is 1. The van der Waals surface area contributed by atoms with Crippen LogP contribution in [-0.2, 0) is 14.8 Å². The first-order chi connectivity index (χ1) is 15.3. The van der Waals surface area contributed by atoms with Gasteiger partial charge in [-0.05, 0) is 37.6 Å². The van der Waals surface area contributed by atoms with Crippen molar-refractivity contribution in [1.82, 2.24) is 14.2 Å². The van der Waals surface area contributed by atoms with Crippen molar-refractivity contribution >= 4 is 27.6 Å². The summed E-state index contributed by atoms with van der Waals surface area (Å²) in [5, 5.41) is 2.86. The molecule has 0 unspecified atom stereocenters. The zero-order valence-electron chi connectivity index (χ0n) is 18.5. The van der Waals surface area contributed by atoms with Crippen LogP contribution in [0.2, 0.25) is 0 Å². The fourth-order valence-corrected chi connectivity index (χ4v) is 5.63. The number of rotatable bonds is 4. The average molecular weight is 460 g/mol. The number of amides is 2. The number of ether oxygens (including phenoxy) is 1. The topological polar surface area (TPSA) is 95.1 Å². The molecule has 9 nitrogen and oxygen atoms in total. The average Bonchev–Trinajstić information content (AvgIpc) is 2.80. The van der Waals surface area contributed by atoms with Gasteiger partial charge in [-0.1, -0.05) is 17.7 Å². The molecule has 1 aromatic heterocycles. The summed E-state index contributed by atoms with van der Waals surface area (Å²) in [6, 6.07) is 8.80. The Morgan fingerprint density at radius 3 is 2.34 bits per heavy atom. The molecule has 0 atom stereocenters. The fraction of sp³-hybridized carbons (Fsp3) is 0.455. The molecule has 2 amide bonds. The molecule has 172 valence electrons. The van der Waals surface area contributed by atoms with Crippen molar-refractivity contribution in [2.24, 2.45) is 0 Å². The van der Waals surface area contributed by atoms with Crippen LogP contribution in [0.1, 0.15) is 11.1 Å². The lowest BCUT2D eigenvalue weighted by atomic mass is 10.2. The van der Waals surface area contributed by atoms with Crippen LogP contribution < -0.4 is 10.2 Å². The number of aromatic nitrogens is 1. The summed E-state index contributed by atoms with van der Waals surface area (Å²) in [6.45, 7) is 7.90. The molecular weight excluding hydrogens is 430 g/mol. The molecule has 2 aromatic rings. The number of urea groups is 1. The highest BCUT2D eigenvalue weighted by atomic mass is 32.2. The van der Waals surface area contributed by atoms with Crippen LogP contribution in [0.15, 0.2) is 41.4 Å². The molecule has 0 spiro atoms. The lowest BCUT2D eigenvalue weighted by Gasteiger charge is -2.34. The summed E-state index contributed by atoms with van der Waals surface area (Å²) < 4.78 is 32.9. The number of pyridine rings is 1. The molecule has 4 rings (SSSR count). The zero-order valence-corrected chi connectivity index (χ0v) is 19.3. The first-order valence-electron chi connectivity index (χ1n) is 10.8. The summed E-state index contributed by atoms with van der Waals surface area (Å²) in [5.74, 6) is 0.858. The SMILES string of the molecule is Cc1ccc(S(=O)(=O)N2CCN(C(=O)Nc3ccc(N4CCOCC4)nc3)CC2)c(C)c1. The number of piperazine rings is 1. The van der Waals surface area contributed by atoms with E-state index in [-0.39, 0.29) is 19.1 Å². The first-order valence-corrected chi connectivity index (χ1v) is 12.2. The summed E-state index contributed by atoms with van der Waals surface area (Å²) in [5.41, 5.74) is 2.37. The Kier molecular flexibility index (Phi) is 6.63. The second-order valence-electron chi connectivity index (χ2n) is 8.09. The Morgan fingerprint density at radius 2 is 1.72 bits per heavy atom. The Balaban J connectivity index is 1.33. The molecule has 2 aliphatic rings. The third kappa shape index (κ3) is 4.87. The van der Waals surface area contributed by atoms with E-state index < -0.39 is 10.0 Å². The highest BCUT2D eigenvalue weighted by molar-refractivity contribution is 7.89. The van der Waals surface area contributed by atoms with E-state index in [1.54, 1.807) is 17.2 Å². The maximum absolute atomic E-state index is 13.0. The minimum Gasteiger partial charge on any atom is -0.378 e. The zero-order chi connectivity index (χ0) is 22.7. The highest BCUT2D eigenvalue weighted by Crippen LogP contribution is 2.22. The van der Waals surface area contributed by atoms with Crippen LogP contribution in [0.3, 0.4) is 0 Å². The van der Waals surface area contributed by atoms with Gasteiger partial charge in [0.15, 0.2) is 0 Å². The Morgan fingerprint density at radius 1 is 1.00 bits per heavy atom. The van der Waals surface area contributed by atoms with Gasteiger partial charge in [-0.15, -0.1) is 0 Å². The van der Waals surface area contributed by atoms with Crippen LogP contribution >= 0.6 is 0 Å². The molecule has 0 radical (unpaired) electrons. The summed E-state index contributed by atoms with van der Waals surface area (Å²) in [6.07, 6.45) is 1.64. The Labute approximate surface area is 189 Å². The van der Waals surface area contributed by atoms with Gasteiger partial charge >= 0.3 is 6.03 Å². The van der Waals surface area contributed by atoms with Gasteiger partial charge in [-0.2, -0.15) is 4.31 Å². The summed E-state index contributed by atoms with van der Waals surface area (Å²) >= 11 is 0. The molecule has 32 heavy (non-hydrogen) atoms. The third-order valence-corrected chi connectivity index (χ3v) is 7.87. The number of carbonyl (C=O) groups excluding carboxylic acids is 1. The molecule has 2 saturated heterocycles. The molecule has 0 bridgehead atoms. The number of anilines is 2. The predicted octanol–water partition coefficient (Wildman–Crippen LogP) is 2.07. The van der Waals surface area contributed by atoms with Crippen LogP contribution in [0, 0.1) is 13.8 Å². The van der Waals surface area contributed by atoms with Gasteiger partial charge in [-0.25, -0.2) is 18.2 Å². The van der Waals surface area contributed by atoms with Crippen molar-refractivity contribution in [2.45, 2.75) is 18.7 Å². The number of benzene rings is 1. The third-order valence-electron chi connectivity index (χ3n) is 5.81. The summed E-state index contributed by atoms with van der Waals surface area (Å²) in [7, 11) is -3.58. The minimum absolute atomic E-state index is 0.255. The molecule has 0 saturated carbocycles. The maximum Gasteiger partial charge on any atom is 0.321 e. The van der Waals surface area contributed by atoms with Crippen molar-refractivity contribution in [2.75, 3.05) is 62.7 Å². The fourth-order valence-electron chi connectivity index (χ4n) is 4.00. The molecule has 2 aliphatic heterocycles. The van der Waals surface area contributed by atoms with Crippen molar-refractivity contribution in [1.29, 1.82) is 0 Å². The van der Waals surface area contributed by atoms with E-state index in [1.165, 1.54) is 4.31 Å². The number of hydrogen-bond acceptors (Lipinski definition) is 6. The van der Waals surface area contributed by atoms with Gasteiger partial charge in [0.25, 0.3) is 0 Å².